The highest BCUT2D eigenvalue weighted by atomic mass is 79.9. The maximum Gasteiger partial charge on any atom is 0.227 e. The third-order valence-corrected chi connectivity index (χ3v) is 3.29. The Morgan fingerprint density at radius 2 is 2.11 bits per heavy atom. The van der Waals surface area contributed by atoms with Gasteiger partial charge in [0.25, 0.3) is 0 Å². The zero-order chi connectivity index (χ0) is 13.8. The molecule has 2 aromatic rings. The molecule has 0 saturated carbocycles. The fraction of sp³-hybridized carbons (Fsp3) is 0.286. The van der Waals surface area contributed by atoms with Gasteiger partial charge in [0.1, 0.15) is 17.9 Å². The standard InChI is InChI=1S/C14H16BrN3O/c1-3-4-11-13(16)17-8-18-14(11)19-12-7-10(15)6-5-9(12)2/h5-8H,3-4H2,1-2H3,(H2,16,17,18). The van der Waals surface area contributed by atoms with Crippen LogP contribution < -0.4 is 10.5 Å². The third-order valence-electron chi connectivity index (χ3n) is 2.80. The molecule has 0 spiro atoms. The molecule has 0 atom stereocenters. The second kappa shape index (κ2) is 6.02. The van der Waals surface area contributed by atoms with Crippen LogP contribution in [0.3, 0.4) is 0 Å². The van der Waals surface area contributed by atoms with Crippen molar-refractivity contribution in [2.24, 2.45) is 0 Å². The summed E-state index contributed by atoms with van der Waals surface area (Å²) >= 11 is 3.44. The number of anilines is 1. The number of nitrogen functional groups attached to an aromatic ring is 1. The lowest BCUT2D eigenvalue weighted by atomic mass is 10.1. The van der Waals surface area contributed by atoms with Crippen LogP contribution in [0.1, 0.15) is 24.5 Å². The number of hydrogen-bond acceptors (Lipinski definition) is 4. The molecule has 5 heteroatoms. The monoisotopic (exact) mass is 321 g/mol. The van der Waals surface area contributed by atoms with Gasteiger partial charge in [-0.2, -0.15) is 0 Å². The van der Waals surface area contributed by atoms with E-state index in [9.17, 15) is 0 Å². The van der Waals surface area contributed by atoms with Gasteiger partial charge in [0, 0.05) is 4.47 Å². The maximum absolute atomic E-state index is 5.89. The van der Waals surface area contributed by atoms with E-state index in [-0.39, 0.29) is 0 Å². The zero-order valence-electron chi connectivity index (χ0n) is 11.0. The van der Waals surface area contributed by atoms with E-state index in [4.69, 9.17) is 10.5 Å². The third kappa shape index (κ3) is 3.23. The van der Waals surface area contributed by atoms with Gasteiger partial charge in [0.15, 0.2) is 0 Å². The van der Waals surface area contributed by atoms with Crippen LogP contribution in [0.5, 0.6) is 11.6 Å². The summed E-state index contributed by atoms with van der Waals surface area (Å²) in [6.07, 6.45) is 3.19. The average molecular weight is 322 g/mol. The van der Waals surface area contributed by atoms with Crippen LogP contribution >= 0.6 is 15.9 Å². The molecule has 2 N–H and O–H groups in total. The first-order valence-corrected chi connectivity index (χ1v) is 6.94. The molecular weight excluding hydrogens is 306 g/mol. The molecule has 0 saturated heterocycles. The topological polar surface area (TPSA) is 61.0 Å². The van der Waals surface area contributed by atoms with E-state index >= 15 is 0 Å². The van der Waals surface area contributed by atoms with Crippen LogP contribution in [-0.4, -0.2) is 9.97 Å². The first-order chi connectivity index (χ1) is 9.11. The van der Waals surface area contributed by atoms with Crippen molar-refractivity contribution >= 4 is 21.7 Å². The van der Waals surface area contributed by atoms with Gasteiger partial charge in [-0.15, -0.1) is 0 Å². The molecule has 100 valence electrons. The molecule has 0 aliphatic rings. The van der Waals surface area contributed by atoms with Gasteiger partial charge >= 0.3 is 0 Å². The largest absolute Gasteiger partial charge is 0.438 e. The number of benzene rings is 1. The van der Waals surface area contributed by atoms with Crippen LogP contribution in [-0.2, 0) is 6.42 Å². The van der Waals surface area contributed by atoms with Gasteiger partial charge in [-0.1, -0.05) is 35.3 Å². The van der Waals surface area contributed by atoms with Gasteiger partial charge < -0.3 is 10.5 Å². The number of ether oxygens (including phenoxy) is 1. The van der Waals surface area contributed by atoms with Crippen LogP contribution in [0.2, 0.25) is 0 Å². The Hall–Kier alpha value is -1.62. The Morgan fingerprint density at radius 1 is 1.32 bits per heavy atom. The van der Waals surface area contributed by atoms with Crippen molar-refractivity contribution in [1.82, 2.24) is 9.97 Å². The van der Waals surface area contributed by atoms with E-state index in [1.165, 1.54) is 6.33 Å². The Labute approximate surface area is 121 Å². The number of nitrogens with two attached hydrogens (primary N) is 1. The lowest BCUT2D eigenvalue weighted by molar-refractivity contribution is 0.451. The molecule has 0 aliphatic carbocycles. The zero-order valence-corrected chi connectivity index (χ0v) is 12.6. The minimum Gasteiger partial charge on any atom is -0.438 e. The quantitative estimate of drug-likeness (QED) is 0.928. The van der Waals surface area contributed by atoms with E-state index in [0.29, 0.717) is 11.7 Å². The van der Waals surface area contributed by atoms with Gasteiger partial charge in [-0.3, -0.25) is 0 Å². The highest BCUT2D eigenvalue weighted by Crippen LogP contribution is 2.30. The second-order valence-corrected chi connectivity index (χ2v) is 5.22. The lowest BCUT2D eigenvalue weighted by Gasteiger charge is -2.12. The second-order valence-electron chi connectivity index (χ2n) is 4.30. The summed E-state index contributed by atoms with van der Waals surface area (Å²) in [5.74, 6) is 1.79. The lowest BCUT2D eigenvalue weighted by Crippen LogP contribution is -2.03. The van der Waals surface area contributed by atoms with Crippen molar-refractivity contribution < 1.29 is 4.74 Å². The molecule has 2 rings (SSSR count). The maximum atomic E-state index is 5.89. The summed E-state index contributed by atoms with van der Waals surface area (Å²) in [6.45, 7) is 4.08. The normalized spacial score (nSPS) is 10.5. The van der Waals surface area contributed by atoms with Crippen LogP contribution in [0.15, 0.2) is 29.0 Å². The van der Waals surface area contributed by atoms with Crippen molar-refractivity contribution in [3.8, 4) is 11.6 Å². The molecule has 0 radical (unpaired) electrons. The number of hydrogen-bond donors (Lipinski definition) is 1. The number of aromatic nitrogens is 2. The van der Waals surface area contributed by atoms with Gasteiger partial charge in [0.05, 0.1) is 5.56 Å². The summed E-state index contributed by atoms with van der Waals surface area (Å²) in [6, 6.07) is 5.89. The van der Waals surface area contributed by atoms with Crippen molar-refractivity contribution in [2.75, 3.05) is 5.73 Å². The summed E-state index contributed by atoms with van der Waals surface area (Å²) in [5, 5.41) is 0. The number of rotatable bonds is 4. The average Bonchev–Trinajstić information content (AvgIpc) is 2.38. The van der Waals surface area contributed by atoms with Crippen molar-refractivity contribution in [3.05, 3.63) is 40.1 Å². The molecule has 4 nitrogen and oxygen atoms in total. The molecule has 0 amide bonds. The summed E-state index contributed by atoms with van der Waals surface area (Å²) in [7, 11) is 0. The van der Waals surface area contributed by atoms with E-state index < -0.39 is 0 Å². The number of halogens is 1. The Bertz CT molecular complexity index is 587. The minimum atomic E-state index is 0.486. The van der Waals surface area contributed by atoms with Gasteiger partial charge in [-0.25, -0.2) is 9.97 Å². The van der Waals surface area contributed by atoms with E-state index in [1.54, 1.807) is 0 Å². The van der Waals surface area contributed by atoms with E-state index in [0.717, 1.165) is 34.2 Å². The molecule has 1 aromatic carbocycles. The first kappa shape index (κ1) is 13.8. The Morgan fingerprint density at radius 3 is 2.84 bits per heavy atom. The SMILES string of the molecule is CCCc1c(N)ncnc1Oc1cc(Br)ccc1C. The molecule has 0 fully saturated rings. The Kier molecular flexibility index (Phi) is 4.37. The van der Waals surface area contributed by atoms with Crippen LogP contribution in [0.25, 0.3) is 0 Å². The van der Waals surface area contributed by atoms with Crippen molar-refractivity contribution in [3.63, 3.8) is 0 Å². The number of aryl methyl sites for hydroxylation is 1. The first-order valence-electron chi connectivity index (χ1n) is 6.15. The van der Waals surface area contributed by atoms with Crippen molar-refractivity contribution in [1.29, 1.82) is 0 Å². The highest BCUT2D eigenvalue weighted by molar-refractivity contribution is 9.10. The Balaban J connectivity index is 2.37. The van der Waals surface area contributed by atoms with E-state index in [1.807, 2.05) is 25.1 Å². The molecule has 1 aromatic heterocycles. The van der Waals surface area contributed by atoms with Crippen molar-refractivity contribution in [2.45, 2.75) is 26.7 Å². The predicted molar refractivity (Wildman–Crippen MR) is 79.4 cm³/mol. The van der Waals surface area contributed by atoms with Crippen LogP contribution in [0, 0.1) is 6.92 Å². The minimum absolute atomic E-state index is 0.486. The number of nitrogens with zero attached hydrogens (tertiary/aromatic N) is 2. The fourth-order valence-electron chi connectivity index (χ4n) is 1.77. The fourth-order valence-corrected chi connectivity index (χ4v) is 2.11. The highest BCUT2D eigenvalue weighted by Gasteiger charge is 2.12. The predicted octanol–water partition coefficient (Wildman–Crippen LogP) is 3.87. The molecule has 0 aliphatic heterocycles. The molecule has 0 unspecified atom stereocenters. The summed E-state index contributed by atoms with van der Waals surface area (Å²) in [4.78, 5) is 8.21. The smallest absolute Gasteiger partial charge is 0.227 e. The molecule has 19 heavy (non-hydrogen) atoms. The summed E-state index contributed by atoms with van der Waals surface area (Å²) < 4.78 is 6.86. The molecule has 1 heterocycles. The van der Waals surface area contributed by atoms with Gasteiger partial charge in [-0.05, 0) is 31.0 Å². The molecular formula is C14H16BrN3O. The summed E-state index contributed by atoms with van der Waals surface area (Å²) in [5.41, 5.74) is 7.80. The van der Waals surface area contributed by atoms with E-state index in [2.05, 4.69) is 32.8 Å². The van der Waals surface area contributed by atoms with Gasteiger partial charge in [0.2, 0.25) is 5.88 Å². The van der Waals surface area contributed by atoms with Crippen LogP contribution in [0.4, 0.5) is 5.82 Å². The molecule has 0 bridgehead atoms.